The Bertz CT molecular complexity index is 322. The maximum Gasteiger partial charge on any atom is 0.320 e. The molecule has 0 aromatic heterocycles. The zero-order valence-electron chi connectivity index (χ0n) is 12.5. The molecular weight excluding hydrogens is 264 g/mol. The van der Waals surface area contributed by atoms with Gasteiger partial charge >= 0.3 is 11.9 Å². The molecule has 116 valence electrons. The summed E-state index contributed by atoms with van der Waals surface area (Å²) in [7, 11) is 0. The summed E-state index contributed by atoms with van der Waals surface area (Å²) in [6.07, 6.45) is 1.65. The summed E-state index contributed by atoms with van der Waals surface area (Å²) in [5.41, 5.74) is 0. The smallest absolute Gasteiger partial charge is 0.320 e. The molecule has 1 rings (SSSR count). The molecule has 0 radical (unpaired) electrons. The van der Waals surface area contributed by atoms with Crippen molar-refractivity contribution in [2.75, 3.05) is 26.4 Å². The van der Waals surface area contributed by atoms with Gasteiger partial charge in [-0.1, -0.05) is 6.92 Å². The minimum Gasteiger partial charge on any atom is -0.465 e. The summed E-state index contributed by atoms with van der Waals surface area (Å²) in [6, 6.07) is 0. The van der Waals surface area contributed by atoms with Crippen LogP contribution in [0.25, 0.3) is 0 Å². The summed E-state index contributed by atoms with van der Waals surface area (Å²) in [5.74, 6) is -2.44. The summed E-state index contributed by atoms with van der Waals surface area (Å²) in [5, 5.41) is 0. The average Bonchev–Trinajstić information content (AvgIpc) is 2.83. The lowest BCUT2D eigenvalue weighted by molar-refractivity contribution is -0.165. The van der Waals surface area contributed by atoms with Gasteiger partial charge in [-0.25, -0.2) is 0 Å². The van der Waals surface area contributed by atoms with E-state index in [1.54, 1.807) is 13.8 Å². The van der Waals surface area contributed by atoms with E-state index in [9.17, 15) is 9.59 Å². The minimum absolute atomic E-state index is 0.247. The van der Waals surface area contributed by atoms with Crippen molar-refractivity contribution in [1.29, 1.82) is 0 Å². The molecule has 0 spiro atoms. The van der Waals surface area contributed by atoms with Gasteiger partial charge in [-0.2, -0.15) is 0 Å². The Hall–Kier alpha value is -1.14. The highest BCUT2D eigenvalue weighted by Gasteiger charge is 2.31. The van der Waals surface area contributed by atoms with Crippen molar-refractivity contribution in [3.05, 3.63) is 0 Å². The number of carbonyl (C=O) groups excluding carboxylic acids is 2. The van der Waals surface area contributed by atoms with Crippen molar-refractivity contribution in [3.63, 3.8) is 0 Å². The highest BCUT2D eigenvalue weighted by atomic mass is 16.7. The van der Waals surface area contributed by atoms with E-state index in [4.69, 9.17) is 18.9 Å². The quantitative estimate of drug-likeness (QED) is 0.384. The molecule has 0 amide bonds. The molecule has 1 saturated heterocycles. The second-order valence-electron chi connectivity index (χ2n) is 4.81. The van der Waals surface area contributed by atoms with Crippen LogP contribution in [0.2, 0.25) is 0 Å². The highest BCUT2D eigenvalue weighted by molar-refractivity contribution is 5.94. The molecule has 0 bridgehead atoms. The fourth-order valence-corrected chi connectivity index (χ4v) is 2.04. The Morgan fingerprint density at radius 3 is 2.30 bits per heavy atom. The first-order chi connectivity index (χ1) is 9.52. The predicted octanol–water partition coefficient (Wildman–Crippen LogP) is 1.66. The molecule has 1 aliphatic rings. The SMILES string of the molecule is CCOC(=O)C(CC)C(=O)OCCCC1(C)OCCO1. The molecule has 0 aromatic rings. The highest BCUT2D eigenvalue weighted by Crippen LogP contribution is 2.24. The monoisotopic (exact) mass is 288 g/mol. The molecule has 1 unspecified atom stereocenters. The van der Waals surface area contributed by atoms with Gasteiger partial charge in [0, 0.05) is 6.42 Å². The molecule has 1 heterocycles. The topological polar surface area (TPSA) is 71.1 Å². The van der Waals surface area contributed by atoms with Crippen LogP contribution >= 0.6 is 0 Å². The van der Waals surface area contributed by atoms with Crippen LogP contribution in [0.15, 0.2) is 0 Å². The molecule has 0 aliphatic carbocycles. The van der Waals surface area contributed by atoms with E-state index in [0.29, 0.717) is 32.5 Å². The first kappa shape index (κ1) is 16.9. The summed E-state index contributed by atoms with van der Waals surface area (Å²) < 4.78 is 20.9. The number of carbonyl (C=O) groups is 2. The molecule has 1 aliphatic heterocycles. The fourth-order valence-electron chi connectivity index (χ4n) is 2.04. The van der Waals surface area contributed by atoms with Gasteiger partial charge in [0.25, 0.3) is 0 Å². The van der Waals surface area contributed by atoms with Crippen molar-refractivity contribution in [2.24, 2.45) is 5.92 Å². The van der Waals surface area contributed by atoms with Gasteiger partial charge in [-0.3, -0.25) is 9.59 Å². The largest absolute Gasteiger partial charge is 0.465 e. The van der Waals surface area contributed by atoms with Crippen molar-refractivity contribution < 1.29 is 28.5 Å². The molecule has 6 heteroatoms. The van der Waals surface area contributed by atoms with Crippen LogP contribution < -0.4 is 0 Å². The zero-order chi connectivity index (χ0) is 15.0. The van der Waals surface area contributed by atoms with Gasteiger partial charge in [0.1, 0.15) is 0 Å². The van der Waals surface area contributed by atoms with E-state index in [1.165, 1.54) is 0 Å². The van der Waals surface area contributed by atoms with Gasteiger partial charge < -0.3 is 18.9 Å². The Labute approximate surface area is 119 Å². The van der Waals surface area contributed by atoms with Crippen molar-refractivity contribution in [2.45, 2.75) is 45.8 Å². The van der Waals surface area contributed by atoms with Crippen LogP contribution in [0.4, 0.5) is 0 Å². The van der Waals surface area contributed by atoms with E-state index < -0.39 is 23.6 Å². The average molecular weight is 288 g/mol. The third kappa shape index (κ3) is 5.09. The Kier molecular flexibility index (Phi) is 6.95. The molecule has 6 nitrogen and oxygen atoms in total. The Balaban J connectivity index is 2.25. The minimum atomic E-state index is -0.829. The predicted molar refractivity (Wildman–Crippen MR) is 70.9 cm³/mol. The maximum atomic E-state index is 11.8. The molecule has 0 aromatic carbocycles. The molecule has 0 saturated carbocycles. The number of hydrogen-bond acceptors (Lipinski definition) is 6. The normalized spacial score (nSPS) is 18.6. The van der Waals surface area contributed by atoms with Gasteiger partial charge in [-0.15, -0.1) is 0 Å². The Morgan fingerprint density at radius 2 is 1.75 bits per heavy atom. The van der Waals surface area contributed by atoms with Crippen LogP contribution in [0.1, 0.15) is 40.0 Å². The lowest BCUT2D eigenvalue weighted by Gasteiger charge is -2.22. The third-order valence-corrected chi connectivity index (χ3v) is 3.18. The second kappa shape index (κ2) is 8.21. The number of hydrogen-bond donors (Lipinski definition) is 0. The summed E-state index contributed by atoms with van der Waals surface area (Å²) >= 11 is 0. The maximum absolute atomic E-state index is 11.8. The van der Waals surface area contributed by atoms with E-state index in [-0.39, 0.29) is 13.2 Å². The molecular formula is C14H24O6. The first-order valence-electron chi connectivity index (χ1n) is 7.13. The summed E-state index contributed by atoms with van der Waals surface area (Å²) in [6.45, 7) is 7.03. The molecule has 20 heavy (non-hydrogen) atoms. The standard InChI is InChI=1S/C14H24O6/c1-4-11(12(15)17-5-2)13(16)18-8-6-7-14(3)19-9-10-20-14/h11H,4-10H2,1-3H3. The van der Waals surface area contributed by atoms with Crippen LogP contribution in [0.3, 0.4) is 0 Å². The van der Waals surface area contributed by atoms with Crippen molar-refractivity contribution in [3.8, 4) is 0 Å². The van der Waals surface area contributed by atoms with Crippen molar-refractivity contribution in [1.82, 2.24) is 0 Å². The first-order valence-corrected chi connectivity index (χ1v) is 7.13. The second-order valence-corrected chi connectivity index (χ2v) is 4.81. The molecule has 1 fully saturated rings. The molecule has 1 atom stereocenters. The molecule has 0 N–H and O–H groups in total. The zero-order valence-corrected chi connectivity index (χ0v) is 12.5. The van der Waals surface area contributed by atoms with Crippen LogP contribution in [-0.4, -0.2) is 44.2 Å². The number of ether oxygens (including phenoxy) is 4. The lowest BCUT2D eigenvalue weighted by atomic mass is 10.1. The fraction of sp³-hybridized carbons (Fsp3) is 0.857. The van der Waals surface area contributed by atoms with Gasteiger partial charge in [0.05, 0.1) is 26.4 Å². The van der Waals surface area contributed by atoms with E-state index >= 15 is 0 Å². The van der Waals surface area contributed by atoms with Crippen LogP contribution in [0.5, 0.6) is 0 Å². The van der Waals surface area contributed by atoms with E-state index in [0.717, 1.165) is 0 Å². The number of esters is 2. The van der Waals surface area contributed by atoms with E-state index in [1.807, 2.05) is 6.92 Å². The number of rotatable bonds is 8. The third-order valence-electron chi connectivity index (χ3n) is 3.18. The van der Waals surface area contributed by atoms with E-state index in [2.05, 4.69) is 0 Å². The lowest BCUT2D eigenvalue weighted by Crippen LogP contribution is -2.29. The van der Waals surface area contributed by atoms with Crippen LogP contribution in [0, 0.1) is 5.92 Å². The Morgan fingerprint density at radius 1 is 1.15 bits per heavy atom. The summed E-state index contributed by atoms with van der Waals surface area (Å²) in [4.78, 5) is 23.3. The van der Waals surface area contributed by atoms with Gasteiger partial charge in [0.15, 0.2) is 11.7 Å². The van der Waals surface area contributed by atoms with Gasteiger partial charge in [0.2, 0.25) is 0 Å². The van der Waals surface area contributed by atoms with Crippen LogP contribution in [-0.2, 0) is 28.5 Å². The van der Waals surface area contributed by atoms with Gasteiger partial charge in [-0.05, 0) is 26.7 Å². The van der Waals surface area contributed by atoms with Crippen molar-refractivity contribution >= 4 is 11.9 Å².